The maximum absolute atomic E-state index is 11.8. The van der Waals surface area contributed by atoms with E-state index in [1.165, 1.54) is 0 Å². The lowest BCUT2D eigenvalue weighted by Gasteiger charge is -2.09. The van der Waals surface area contributed by atoms with Crippen molar-refractivity contribution in [1.82, 2.24) is 0 Å². The molecule has 0 saturated heterocycles. The summed E-state index contributed by atoms with van der Waals surface area (Å²) in [6.45, 7) is 0. The molecule has 0 aliphatic heterocycles. The highest BCUT2D eigenvalue weighted by molar-refractivity contribution is 5.86. The summed E-state index contributed by atoms with van der Waals surface area (Å²) in [6, 6.07) is 16.3. The van der Waals surface area contributed by atoms with Gasteiger partial charge < -0.3 is 9.47 Å². The molecule has 0 radical (unpaired) electrons. The van der Waals surface area contributed by atoms with E-state index in [2.05, 4.69) is 5.32 Å². The minimum Gasteiger partial charge on any atom is -0.490 e. The highest BCUT2D eigenvalue weighted by Crippen LogP contribution is 2.28. The van der Waals surface area contributed by atoms with Crippen LogP contribution in [0, 0.1) is 0 Å². The van der Waals surface area contributed by atoms with Crippen molar-refractivity contribution in [2.45, 2.75) is 18.9 Å². The number of hydrogen-bond donors (Lipinski definition) is 1. The Morgan fingerprint density at radius 2 is 1.75 bits per heavy atom. The zero-order valence-electron chi connectivity index (χ0n) is 10.9. The van der Waals surface area contributed by atoms with Gasteiger partial charge in [-0.2, -0.15) is 0 Å². The third kappa shape index (κ3) is 3.51. The number of rotatable bonds is 4. The molecule has 102 valence electrons. The smallest absolute Gasteiger partial charge is 0.417 e. The first-order valence-corrected chi connectivity index (χ1v) is 6.60. The maximum atomic E-state index is 11.8. The number of anilines is 1. The minimum absolute atomic E-state index is 0.335. The number of carbonyl (C=O) groups is 1. The minimum atomic E-state index is -0.514. The summed E-state index contributed by atoms with van der Waals surface area (Å²) in [5.41, 5.74) is 0.657. The van der Waals surface area contributed by atoms with Gasteiger partial charge in [0.2, 0.25) is 0 Å². The van der Waals surface area contributed by atoms with Crippen LogP contribution in [-0.2, 0) is 0 Å². The highest BCUT2D eigenvalue weighted by atomic mass is 16.6. The predicted octanol–water partition coefficient (Wildman–Crippen LogP) is 3.84. The summed E-state index contributed by atoms with van der Waals surface area (Å²) in [5.74, 6) is 1.28. The molecule has 1 fully saturated rings. The van der Waals surface area contributed by atoms with E-state index >= 15 is 0 Å². The lowest BCUT2D eigenvalue weighted by Crippen LogP contribution is -2.16. The zero-order valence-corrected chi connectivity index (χ0v) is 10.9. The quantitative estimate of drug-likeness (QED) is 0.917. The SMILES string of the molecule is O=C(Nc1cccc(OC2CC2)c1)Oc1ccccc1. The molecule has 2 aromatic carbocycles. The molecule has 0 spiro atoms. The largest absolute Gasteiger partial charge is 0.490 e. The molecule has 1 aliphatic rings. The molecule has 0 unspecified atom stereocenters. The number of benzene rings is 2. The molecule has 0 atom stereocenters. The van der Waals surface area contributed by atoms with Crippen LogP contribution in [0.5, 0.6) is 11.5 Å². The number of ether oxygens (including phenoxy) is 2. The van der Waals surface area contributed by atoms with Crippen molar-refractivity contribution in [1.29, 1.82) is 0 Å². The molecule has 0 heterocycles. The van der Waals surface area contributed by atoms with Crippen LogP contribution in [0.1, 0.15) is 12.8 Å². The highest BCUT2D eigenvalue weighted by Gasteiger charge is 2.23. The Morgan fingerprint density at radius 3 is 2.50 bits per heavy atom. The molecular weight excluding hydrogens is 254 g/mol. The van der Waals surface area contributed by atoms with Crippen LogP contribution < -0.4 is 14.8 Å². The molecular formula is C16H15NO3. The van der Waals surface area contributed by atoms with Gasteiger partial charge in [-0.05, 0) is 37.1 Å². The fourth-order valence-corrected chi connectivity index (χ4v) is 1.76. The first-order valence-electron chi connectivity index (χ1n) is 6.60. The summed E-state index contributed by atoms with van der Waals surface area (Å²) in [4.78, 5) is 11.8. The molecule has 3 rings (SSSR count). The maximum Gasteiger partial charge on any atom is 0.417 e. The standard InChI is InChI=1S/C16H15NO3/c18-16(20-13-6-2-1-3-7-13)17-12-5-4-8-15(11-12)19-14-9-10-14/h1-8,11,14H,9-10H2,(H,17,18). The Balaban J connectivity index is 1.60. The number of para-hydroxylation sites is 1. The van der Waals surface area contributed by atoms with E-state index in [-0.39, 0.29) is 0 Å². The van der Waals surface area contributed by atoms with Gasteiger partial charge >= 0.3 is 6.09 Å². The van der Waals surface area contributed by atoms with E-state index in [1.807, 2.05) is 30.3 Å². The van der Waals surface area contributed by atoms with Crippen molar-refractivity contribution in [3.8, 4) is 11.5 Å². The molecule has 1 aliphatic carbocycles. The van der Waals surface area contributed by atoms with Gasteiger partial charge in [0, 0.05) is 11.8 Å². The Kier molecular flexibility index (Phi) is 3.54. The lowest BCUT2D eigenvalue weighted by molar-refractivity contribution is 0.215. The number of amides is 1. The van der Waals surface area contributed by atoms with Gasteiger partial charge in [-0.1, -0.05) is 24.3 Å². The molecule has 20 heavy (non-hydrogen) atoms. The fraction of sp³-hybridized carbons (Fsp3) is 0.188. The average molecular weight is 269 g/mol. The molecule has 2 aromatic rings. The Bertz CT molecular complexity index is 594. The number of nitrogens with one attached hydrogen (secondary N) is 1. The second-order valence-electron chi connectivity index (χ2n) is 4.67. The van der Waals surface area contributed by atoms with Crippen LogP contribution in [0.15, 0.2) is 54.6 Å². The van der Waals surface area contributed by atoms with Crippen molar-refractivity contribution < 1.29 is 14.3 Å². The Morgan fingerprint density at radius 1 is 1.00 bits per heavy atom. The number of carbonyl (C=O) groups excluding carboxylic acids is 1. The van der Waals surface area contributed by atoms with Crippen molar-refractivity contribution in [3.63, 3.8) is 0 Å². The molecule has 0 aromatic heterocycles. The molecule has 1 amide bonds. The van der Waals surface area contributed by atoms with E-state index in [4.69, 9.17) is 9.47 Å². The Hall–Kier alpha value is -2.49. The average Bonchev–Trinajstić information content (AvgIpc) is 3.24. The first-order chi connectivity index (χ1) is 9.79. The second-order valence-corrected chi connectivity index (χ2v) is 4.67. The molecule has 1 N–H and O–H groups in total. The van der Waals surface area contributed by atoms with E-state index in [0.29, 0.717) is 17.5 Å². The van der Waals surface area contributed by atoms with Crippen LogP contribution >= 0.6 is 0 Å². The van der Waals surface area contributed by atoms with Gasteiger partial charge in [-0.25, -0.2) is 4.79 Å². The summed E-state index contributed by atoms with van der Waals surface area (Å²) >= 11 is 0. The van der Waals surface area contributed by atoms with E-state index in [1.54, 1.807) is 24.3 Å². The molecule has 1 saturated carbocycles. The van der Waals surface area contributed by atoms with Crippen molar-refractivity contribution in [2.75, 3.05) is 5.32 Å². The van der Waals surface area contributed by atoms with Crippen molar-refractivity contribution in [3.05, 3.63) is 54.6 Å². The number of hydrogen-bond acceptors (Lipinski definition) is 3. The topological polar surface area (TPSA) is 47.6 Å². The third-order valence-corrected chi connectivity index (χ3v) is 2.86. The second kappa shape index (κ2) is 5.65. The summed E-state index contributed by atoms with van der Waals surface area (Å²) in [7, 11) is 0. The van der Waals surface area contributed by atoms with Crippen LogP contribution in [0.3, 0.4) is 0 Å². The lowest BCUT2D eigenvalue weighted by atomic mass is 10.3. The van der Waals surface area contributed by atoms with Crippen LogP contribution in [-0.4, -0.2) is 12.2 Å². The zero-order chi connectivity index (χ0) is 13.8. The summed E-state index contributed by atoms with van der Waals surface area (Å²) < 4.78 is 10.8. The van der Waals surface area contributed by atoms with Gasteiger partial charge in [0.25, 0.3) is 0 Å². The van der Waals surface area contributed by atoms with Gasteiger partial charge in [0.15, 0.2) is 0 Å². The fourth-order valence-electron chi connectivity index (χ4n) is 1.76. The monoisotopic (exact) mass is 269 g/mol. The van der Waals surface area contributed by atoms with Gasteiger partial charge in [-0.15, -0.1) is 0 Å². The van der Waals surface area contributed by atoms with Crippen LogP contribution in [0.2, 0.25) is 0 Å². The van der Waals surface area contributed by atoms with Crippen molar-refractivity contribution in [2.24, 2.45) is 0 Å². The summed E-state index contributed by atoms with van der Waals surface area (Å²) in [5, 5.41) is 2.68. The van der Waals surface area contributed by atoms with E-state index in [9.17, 15) is 4.79 Å². The van der Waals surface area contributed by atoms with E-state index in [0.717, 1.165) is 18.6 Å². The van der Waals surface area contributed by atoms with Gasteiger partial charge in [0.05, 0.1) is 6.10 Å². The van der Waals surface area contributed by atoms with Gasteiger partial charge in [0.1, 0.15) is 11.5 Å². The Labute approximate surface area is 117 Å². The molecule has 4 heteroatoms. The summed E-state index contributed by atoms with van der Waals surface area (Å²) in [6.07, 6.45) is 2.03. The van der Waals surface area contributed by atoms with Gasteiger partial charge in [-0.3, -0.25) is 5.32 Å². The van der Waals surface area contributed by atoms with Crippen LogP contribution in [0.25, 0.3) is 0 Å². The van der Waals surface area contributed by atoms with Crippen LogP contribution in [0.4, 0.5) is 10.5 Å². The predicted molar refractivity (Wildman–Crippen MR) is 76.2 cm³/mol. The molecule has 4 nitrogen and oxygen atoms in total. The first kappa shape index (κ1) is 12.5. The molecule has 0 bridgehead atoms. The van der Waals surface area contributed by atoms with Crippen molar-refractivity contribution >= 4 is 11.8 Å². The third-order valence-electron chi connectivity index (χ3n) is 2.86. The normalized spacial score (nSPS) is 13.6. The van der Waals surface area contributed by atoms with E-state index < -0.39 is 6.09 Å².